The quantitative estimate of drug-likeness (QED) is 0.0549. The van der Waals surface area contributed by atoms with Crippen LogP contribution in [0.1, 0.15) is 24.7 Å². The van der Waals surface area contributed by atoms with Crippen molar-refractivity contribution in [2.45, 2.75) is 162 Å². The zero-order valence-electron chi connectivity index (χ0n) is 33.9. The standard InChI is InChI=1S/C35H58N6O22/c1-2-4-55-5-3-40-6-14(36-38-40)12-56-32-26(51)22(47)20(45)16(58-32)8-41-7-15(37-39-41)13-57-33-28(53)24(49)30(18(10-43)60-33)63-35-29(54)25(50)31(19(11-44)61-35)62-34-27(52)23(48)21(46)17(9-42)59-34/h6-7,16-35,42-54H,2-5,8-13H2,1H3/t16-,17-,18-,19-,20-,21-,22+,23+,24-,25-,26+,27-,28-,29-,30-,31-,32+,33-,34-,35-/m1/s1. The molecular weight excluding hydrogens is 856 g/mol. The van der Waals surface area contributed by atoms with E-state index in [1.807, 2.05) is 6.92 Å². The Labute approximate surface area is 358 Å². The summed E-state index contributed by atoms with van der Waals surface area (Å²) >= 11 is 0. The highest BCUT2D eigenvalue weighted by molar-refractivity contribution is 4.98. The van der Waals surface area contributed by atoms with Crippen LogP contribution in [0.25, 0.3) is 0 Å². The fourth-order valence-electron chi connectivity index (χ4n) is 7.32. The summed E-state index contributed by atoms with van der Waals surface area (Å²) in [5.74, 6) is 0. The number of nitrogens with zero attached hydrogens (tertiary/aromatic N) is 6. The maximum atomic E-state index is 11.1. The molecule has 6 heterocycles. The maximum absolute atomic E-state index is 11.1. The first-order valence-corrected chi connectivity index (χ1v) is 20.3. The molecule has 0 amide bonds. The topological polar surface area (TPSA) is 407 Å². The van der Waals surface area contributed by atoms with E-state index in [-0.39, 0.29) is 25.5 Å². The zero-order chi connectivity index (χ0) is 45.5. The van der Waals surface area contributed by atoms with Gasteiger partial charge in [0.25, 0.3) is 0 Å². The highest BCUT2D eigenvalue weighted by Gasteiger charge is 2.54. The maximum Gasteiger partial charge on any atom is 0.187 e. The first-order valence-electron chi connectivity index (χ1n) is 20.3. The van der Waals surface area contributed by atoms with E-state index < -0.39 is 143 Å². The van der Waals surface area contributed by atoms with Gasteiger partial charge in [-0.1, -0.05) is 17.4 Å². The van der Waals surface area contributed by atoms with Crippen LogP contribution < -0.4 is 0 Å². The van der Waals surface area contributed by atoms with Gasteiger partial charge in [-0.2, -0.15) is 0 Å². The van der Waals surface area contributed by atoms with Gasteiger partial charge >= 0.3 is 0 Å². The van der Waals surface area contributed by atoms with Gasteiger partial charge in [-0.05, 0) is 6.42 Å². The first kappa shape index (κ1) is 49.8. The van der Waals surface area contributed by atoms with E-state index in [0.717, 1.165) is 6.42 Å². The van der Waals surface area contributed by atoms with Crippen molar-refractivity contribution in [2.75, 3.05) is 33.0 Å². The molecule has 0 aromatic carbocycles. The lowest BCUT2D eigenvalue weighted by molar-refractivity contribution is -0.379. The van der Waals surface area contributed by atoms with Crippen LogP contribution in [0.15, 0.2) is 12.4 Å². The zero-order valence-corrected chi connectivity index (χ0v) is 33.9. The molecule has 0 radical (unpaired) electrons. The number of hydrogen-bond donors (Lipinski definition) is 13. The number of rotatable bonds is 20. The molecule has 4 fully saturated rings. The molecule has 0 bridgehead atoms. The average Bonchev–Trinajstić information content (AvgIpc) is 3.94. The summed E-state index contributed by atoms with van der Waals surface area (Å²) < 4.78 is 53.1. The van der Waals surface area contributed by atoms with Crippen molar-refractivity contribution in [1.82, 2.24) is 30.0 Å². The second-order valence-corrected chi connectivity index (χ2v) is 15.5. The fraction of sp³-hybridized carbons (Fsp3) is 0.886. The molecule has 2 aromatic rings. The third-order valence-electron chi connectivity index (χ3n) is 10.9. The van der Waals surface area contributed by atoms with Crippen molar-refractivity contribution in [1.29, 1.82) is 0 Å². The Kier molecular flexibility index (Phi) is 18.0. The van der Waals surface area contributed by atoms with Crippen LogP contribution >= 0.6 is 0 Å². The molecule has 360 valence electrons. The summed E-state index contributed by atoms with van der Waals surface area (Å²) in [6.07, 6.45) is -29.3. The third-order valence-corrected chi connectivity index (χ3v) is 10.9. The minimum Gasteiger partial charge on any atom is -0.394 e. The van der Waals surface area contributed by atoms with Gasteiger partial charge in [0.15, 0.2) is 25.2 Å². The molecule has 2 aromatic heterocycles. The van der Waals surface area contributed by atoms with Gasteiger partial charge in [-0.25, -0.2) is 9.36 Å². The minimum absolute atomic E-state index is 0.137. The van der Waals surface area contributed by atoms with Crippen molar-refractivity contribution in [2.24, 2.45) is 0 Å². The molecule has 20 atom stereocenters. The molecule has 4 aliphatic rings. The highest BCUT2D eigenvalue weighted by atomic mass is 16.8. The van der Waals surface area contributed by atoms with Gasteiger partial charge in [0.2, 0.25) is 0 Å². The van der Waals surface area contributed by atoms with Crippen LogP contribution in [0, 0.1) is 0 Å². The Balaban J connectivity index is 0.994. The molecule has 63 heavy (non-hydrogen) atoms. The number of ether oxygens (including phenoxy) is 9. The van der Waals surface area contributed by atoms with Crippen molar-refractivity contribution < 1.29 is 109 Å². The molecule has 6 rings (SSSR count). The summed E-state index contributed by atoms with van der Waals surface area (Å²) in [5, 5.41) is 152. The van der Waals surface area contributed by atoms with Crippen LogP contribution in [-0.2, 0) is 68.9 Å². The molecule has 28 heteroatoms. The molecule has 0 aliphatic carbocycles. The Morgan fingerprint density at radius 1 is 0.508 bits per heavy atom. The highest BCUT2D eigenvalue weighted by Crippen LogP contribution is 2.33. The van der Waals surface area contributed by atoms with E-state index in [1.165, 1.54) is 10.9 Å². The molecule has 28 nitrogen and oxygen atoms in total. The first-order chi connectivity index (χ1) is 30.2. The van der Waals surface area contributed by atoms with E-state index in [1.54, 1.807) is 10.9 Å². The Hall–Kier alpha value is -2.60. The van der Waals surface area contributed by atoms with Gasteiger partial charge in [0.05, 0.1) is 65.1 Å². The Bertz CT molecular complexity index is 1660. The molecule has 0 saturated carbocycles. The van der Waals surface area contributed by atoms with E-state index in [0.29, 0.717) is 25.5 Å². The monoisotopic (exact) mass is 914 g/mol. The summed E-state index contributed by atoms with van der Waals surface area (Å²) in [4.78, 5) is 0. The van der Waals surface area contributed by atoms with Crippen molar-refractivity contribution in [3.63, 3.8) is 0 Å². The average molecular weight is 915 g/mol. The summed E-state index contributed by atoms with van der Waals surface area (Å²) in [5.41, 5.74) is 0.573. The molecule has 4 aliphatic heterocycles. The van der Waals surface area contributed by atoms with E-state index in [4.69, 9.17) is 42.6 Å². The predicted octanol–water partition coefficient (Wildman–Crippen LogP) is -8.71. The van der Waals surface area contributed by atoms with Crippen molar-refractivity contribution >= 4 is 0 Å². The molecule has 13 N–H and O–H groups in total. The van der Waals surface area contributed by atoms with Gasteiger partial charge in [0, 0.05) is 6.61 Å². The summed E-state index contributed by atoms with van der Waals surface area (Å²) in [6.45, 7) is 0.339. The lowest BCUT2D eigenvalue weighted by Gasteiger charge is -2.48. The molecule has 0 unspecified atom stereocenters. The van der Waals surface area contributed by atoms with E-state index >= 15 is 0 Å². The van der Waals surface area contributed by atoms with Gasteiger partial charge in [-0.3, -0.25) is 0 Å². The number of hydrogen-bond acceptors (Lipinski definition) is 26. The SMILES string of the molecule is CCCOCCn1cc(CO[C@H]2O[C@H](Cn3cc(CO[C@@H]4O[C@H](CO)[C@@H](O[C@H]5O[C@H](CO)[C@@H](O[C@H]6O[C@H](CO)[C@@H](O)[C@H](O)[C@H]6O)[C@H](O)[C@H]5O)[C@H](O)[C@H]4O)nn3)[C@@H](O)[C@H](O)[C@@H]2O)nn1. The van der Waals surface area contributed by atoms with Crippen molar-refractivity contribution in [3.8, 4) is 0 Å². The minimum atomic E-state index is -2.00. The van der Waals surface area contributed by atoms with Gasteiger partial charge in [-0.15, -0.1) is 10.2 Å². The van der Waals surface area contributed by atoms with Crippen LogP contribution in [0.2, 0.25) is 0 Å². The van der Waals surface area contributed by atoms with E-state index in [2.05, 4.69) is 20.6 Å². The predicted molar refractivity (Wildman–Crippen MR) is 196 cm³/mol. The van der Waals surface area contributed by atoms with Crippen LogP contribution in [0.3, 0.4) is 0 Å². The van der Waals surface area contributed by atoms with Crippen LogP contribution in [0.4, 0.5) is 0 Å². The molecular formula is C35H58N6O22. The lowest BCUT2D eigenvalue weighted by atomic mass is 9.96. The van der Waals surface area contributed by atoms with Crippen LogP contribution in [-0.4, -0.2) is 252 Å². The third kappa shape index (κ3) is 11.7. The largest absolute Gasteiger partial charge is 0.394 e. The lowest BCUT2D eigenvalue weighted by Crippen LogP contribution is -2.66. The Morgan fingerprint density at radius 3 is 1.48 bits per heavy atom. The van der Waals surface area contributed by atoms with E-state index in [9.17, 15) is 66.4 Å². The number of aliphatic hydroxyl groups excluding tert-OH is 13. The molecule has 0 spiro atoms. The number of aliphatic hydroxyl groups is 13. The molecule has 4 saturated heterocycles. The normalized spacial score (nSPS) is 41.2. The summed E-state index contributed by atoms with van der Waals surface area (Å²) in [6, 6.07) is 0. The Morgan fingerprint density at radius 2 is 0.937 bits per heavy atom. The van der Waals surface area contributed by atoms with Gasteiger partial charge < -0.3 is 109 Å². The smallest absolute Gasteiger partial charge is 0.187 e. The van der Waals surface area contributed by atoms with Gasteiger partial charge in [0.1, 0.15) is 109 Å². The van der Waals surface area contributed by atoms with Crippen LogP contribution in [0.5, 0.6) is 0 Å². The second kappa shape index (κ2) is 22.7. The fourth-order valence-corrected chi connectivity index (χ4v) is 7.32. The second-order valence-electron chi connectivity index (χ2n) is 15.5. The summed E-state index contributed by atoms with van der Waals surface area (Å²) in [7, 11) is 0. The van der Waals surface area contributed by atoms with Crippen molar-refractivity contribution in [3.05, 3.63) is 23.8 Å². The number of aromatic nitrogens is 6.